The Kier molecular flexibility index (Phi) is 6.08. The summed E-state index contributed by atoms with van der Waals surface area (Å²) in [5.74, 6) is 0.582. The number of hydrogen-bond acceptors (Lipinski definition) is 5. The van der Waals surface area contributed by atoms with Crippen molar-refractivity contribution in [1.82, 2.24) is 25.1 Å². The van der Waals surface area contributed by atoms with Crippen molar-refractivity contribution in [2.24, 2.45) is 0 Å². The number of benzene rings is 1. The Hall–Kier alpha value is -2.15. The second kappa shape index (κ2) is 8.49. The molecule has 0 amide bonds. The van der Waals surface area contributed by atoms with Gasteiger partial charge in [-0.15, -0.1) is 12.4 Å². The van der Waals surface area contributed by atoms with E-state index in [-0.39, 0.29) is 12.4 Å². The Morgan fingerprint density at radius 3 is 3.04 bits per heavy atom. The van der Waals surface area contributed by atoms with Crippen molar-refractivity contribution in [3.05, 3.63) is 59.0 Å². The summed E-state index contributed by atoms with van der Waals surface area (Å²) in [4.78, 5) is 8.87. The number of nitrogens with one attached hydrogen (secondary N) is 2. The first-order valence-corrected chi connectivity index (χ1v) is 8.75. The molecule has 26 heavy (non-hydrogen) atoms. The lowest BCUT2D eigenvalue weighted by Gasteiger charge is -2.06. The van der Waals surface area contributed by atoms with E-state index in [0.29, 0.717) is 17.5 Å². The molecule has 0 saturated carbocycles. The molecule has 8 heteroatoms. The number of rotatable bonds is 4. The van der Waals surface area contributed by atoms with E-state index < -0.39 is 0 Å². The lowest BCUT2D eigenvalue weighted by atomic mass is 10.1. The molecule has 3 heterocycles. The first-order chi connectivity index (χ1) is 12.3. The molecule has 1 aliphatic rings. The van der Waals surface area contributed by atoms with Crippen LogP contribution in [0, 0.1) is 0 Å². The second-order valence-corrected chi connectivity index (χ2v) is 6.45. The van der Waals surface area contributed by atoms with Crippen molar-refractivity contribution in [2.75, 3.05) is 11.9 Å². The molecule has 2 aromatic heterocycles. The highest BCUT2D eigenvalue weighted by Crippen LogP contribution is 2.21. The van der Waals surface area contributed by atoms with Gasteiger partial charge in [0, 0.05) is 29.9 Å². The van der Waals surface area contributed by atoms with Gasteiger partial charge in [0.05, 0.1) is 23.6 Å². The predicted octanol–water partition coefficient (Wildman–Crippen LogP) is 3.52. The zero-order valence-electron chi connectivity index (χ0n) is 14.2. The predicted molar refractivity (Wildman–Crippen MR) is 106 cm³/mol. The lowest BCUT2D eigenvalue weighted by Crippen LogP contribution is -2.11. The van der Waals surface area contributed by atoms with Gasteiger partial charge in [0.2, 0.25) is 5.95 Å². The molecule has 2 N–H and O–H groups in total. The van der Waals surface area contributed by atoms with Gasteiger partial charge in [-0.05, 0) is 37.2 Å². The molecule has 0 aliphatic carbocycles. The normalized spacial score (nSPS) is 13.4. The van der Waals surface area contributed by atoms with Gasteiger partial charge in [-0.2, -0.15) is 5.10 Å². The monoisotopic (exact) mass is 390 g/mol. The molecule has 0 radical (unpaired) electrons. The fourth-order valence-electron chi connectivity index (χ4n) is 2.93. The maximum Gasteiger partial charge on any atom is 0.223 e. The summed E-state index contributed by atoms with van der Waals surface area (Å²) in [5.41, 5.74) is 4.03. The molecule has 0 spiro atoms. The molecular weight excluding hydrogens is 371 g/mol. The Morgan fingerprint density at radius 1 is 1.23 bits per heavy atom. The van der Waals surface area contributed by atoms with Gasteiger partial charge in [-0.1, -0.05) is 23.7 Å². The highest BCUT2D eigenvalue weighted by atomic mass is 35.5. The summed E-state index contributed by atoms with van der Waals surface area (Å²) in [5, 5.41) is 12.0. The molecule has 1 aliphatic heterocycles. The summed E-state index contributed by atoms with van der Waals surface area (Å²) in [6, 6.07) is 11.7. The fraction of sp³-hybridized carbons (Fsp3) is 0.278. The standard InChI is InChI=1S/C18H19ClN6.ClH/c19-14-4-1-3-13(9-14)17-5-7-21-18(23-17)22-11-15-10-16-12-20-6-2-8-25(16)24-15;/h1,3-5,7,9-10,20H,2,6,8,11-12H2,(H,21,22,23);1H. The number of fused-ring (bicyclic) bond motifs is 1. The first kappa shape index (κ1) is 18.6. The van der Waals surface area contributed by atoms with Crippen LogP contribution in [0.25, 0.3) is 11.3 Å². The van der Waals surface area contributed by atoms with Gasteiger partial charge in [0.1, 0.15) is 0 Å². The highest BCUT2D eigenvalue weighted by Gasteiger charge is 2.11. The summed E-state index contributed by atoms with van der Waals surface area (Å²) in [7, 11) is 0. The summed E-state index contributed by atoms with van der Waals surface area (Å²) < 4.78 is 2.08. The van der Waals surface area contributed by atoms with E-state index >= 15 is 0 Å². The van der Waals surface area contributed by atoms with Crippen molar-refractivity contribution in [2.45, 2.75) is 26.1 Å². The summed E-state index contributed by atoms with van der Waals surface area (Å²) >= 11 is 6.06. The van der Waals surface area contributed by atoms with Crippen LogP contribution in [0.1, 0.15) is 17.8 Å². The van der Waals surface area contributed by atoms with E-state index in [1.54, 1.807) is 6.20 Å². The van der Waals surface area contributed by atoms with Crippen LogP contribution in [0.4, 0.5) is 5.95 Å². The first-order valence-electron chi connectivity index (χ1n) is 8.37. The molecule has 6 nitrogen and oxygen atoms in total. The Morgan fingerprint density at radius 2 is 2.15 bits per heavy atom. The Balaban J connectivity index is 0.00000196. The van der Waals surface area contributed by atoms with Gasteiger partial charge in [-0.3, -0.25) is 4.68 Å². The smallest absolute Gasteiger partial charge is 0.223 e. The zero-order chi connectivity index (χ0) is 17.1. The molecule has 0 atom stereocenters. The molecule has 136 valence electrons. The maximum atomic E-state index is 6.06. The van der Waals surface area contributed by atoms with E-state index in [1.807, 2.05) is 30.3 Å². The number of nitrogens with zero attached hydrogens (tertiary/aromatic N) is 4. The molecule has 0 bridgehead atoms. The van der Waals surface area contributed by atoms with E-state index in [4.69, 9.17) is 11.6 Å². The van der Waals surface area contributed by atoms with Crippen LogP contribution < -0.4 is 10.6 Å². The fourth-order valence-corrected chi connectivity index (χ4v) is 3.12. The number of aryl methyl sites for hydroxylation is 1. The SMILES string of the molecule is Cl.Clc1cccc(-c2ccnc(NCc3cc4n(n3)CCCNC4)n2)c1. The minimum Gasteiger partial charge on any atom is -0.348 e. The Labute approximate surface area is 163 Å². The molecular formula is C18H20Cl2N6. The van der Waals surface area contributed by atoms with Crippen LogP contribution in [0.2, 0.25) is 5.02 Å². The van der Waals surface area contributed by atoms with Crippen LogP contribution in [-0.4, -0.2) is 26.3 Å². The maximum absolute atomic E-state index is 6.06. The lowest BCUT2D eigenvalue weighted by molar-refractivity contribution is 0.581. The third-order valence-corrected chi connectivity index (χ3v) is 4.38. The second-order valence-electron chi connectivity index (χ2n) is 6.01. The quantitative estimate of drug-likeness (QED) is 0.713. The van der Waals surface area contributed by atoms with Crippen LogP contribution >= 0.6 is 24.0 Å². The minimum atomic E-state index is 0. The van der Waals surface area contributed by atoms with Crippen molar-refractivity contribution in [3.8, 4) is 11.3 Å². The van der Waals surface area contributed by atoms with Crippen LogP contribution in [0.3, 0.4) is 0 Å². The van der Waals surface area contributed by atoms with Gasteiger partial charge in [0.15, 0.2) is 0 Å². The number of aromatic nitrogens is 4. The van der Waals surface area contributed by atoms with Gasteiger partial charge >= 0.3 is 0 Å². The van der Waals surface area contributed by atoms with Gasteiger partial charge in [-0.25, -0.2) is 9.97 Å². The number of anilines is 1. The number of halogens is 2. The molecule has 4 rings (SSSR count). The van der Waals surface area contributed by atoms with Crippen LogP contribution in [-0.2, 0) is 19.6 Å². The van der Waals surface area contributed by atoms with Crippen molar-refractivity contribution < 1.29 is 0 Å². The van der Waals surface area contributed by atoms with E-state index in [1.165, 1.54) is 5.69 Å². The van der Waals surface area contributed by atoms with Gasteiger partial charge < -0.3 is 10.6 Å². The molecule has 0 fully saturated rings. The summed E-state index contributed by atoms with van der Waals surface area (Å²) in [6.45, 7) is 3.47. The van der Waals surface area contributed by atoms with Crippen molar-refractivity contribution >= 4 is 30.0 Å². The largest absolute Gasteiger partial charge is 0.348 e. The molecule has 0 unspecified atom stereocenters. The van der Waals surface area contributed by atoms with Crippen LogP contribution in [0.15, 0.2) is 42.6 Å². The third-order valence-electron chi connectivity index (χ3n) is 4.15. The zero-order valence-corrected chi connectivity index (χ0v) is 15.7. The van der Waals surface area contributed by atoms with E-state index in [9.17, 15) is 0 Å². The topological polar surface area (TPSA) is 67.7 Å². The average molecular weight is 391 g/mol. The highest BCUT2D eigenvalue weighted by molar-refractivity contribution is 6.30. The Bertz CT molecular complexity index is 856. The van der Waals surface area contributed by atoms with Crippen LogP contribution in [0.5, 0.6) is 0 Å². The molecule has 3 aromatic rings. The van der Waals surface area contributed by atoms with Crippen molar-refractivity contribution in [1.29, 1.82) is 0 Å². The minimum absolute atomic E-state index is 0. The van der Waals surface area contributed by atoms with E-state index in [2.05, 4.69) is 36.4 Å². The summed E-state index contributed by atoms with van der Waals surface area (Å²) in [6.07, 6.45) is 2.85. The molecule has 1 aromatic carbocycles. The third kappa shape index (κ3) is 4.33. The number of hydrogen-bond donors (Lipinski definition) is 2. The average Bonchev–Trinajstić information content (AvgIpc) is 2.89. The molecule has 0 saturated heterocycles. The van der Waals surface area contributed by atoms with E-state index in [0.717, 1.165) is 43.0 Å². The van der Waals surface area contributed by atoms with Crippen molar-refractivity contribution in [3.63, 3.8) is 0 Å². The van der Waals surface area contributed by atoms with Gasteiger partial charge in [0.25, 0.3) is 0 Å².